The van der Waals surface area contributed by atoms with Crippen LogP contribution in [-0.2, 0) is 11.7 Å². The van der Waals surface area contributed by atoms with Crippen molar-refractivity contribution in [2.45, 2.75) is 63.6 Å². The first kappa shape index (κ1) is 19.4. The molecular weight excluding hydrogens is 359 g/mol. The Morgan fingerprint density at radius 3 is 2.30 bits per heavy atom. The van der Waals surface area contributed by atoms with E-state index in [0.717, 1.165) is 31.4 Å². The maximum atomic E-state index is 12.7. The highest BCUT2D eigenvalue weighted by Crippen LogP contribution is 2.37. The fraction of sp³-hybridized carbons (Fsp3) is 0.526. The van der Waals surface area contributed by atoms with E-state index in [1.165, 1.54) is 12.1 Å². The summed E-state index contributed by atoms with van der Waals surface area (Å²) in [6.07, 6.45) is -0.294. The molecule has 1 fully saturated rings. The Labute approximate surface area is 155 Å². The number of carbonyl (C=O) groups excluding carboxylic acids is 1. The van der Waals surface area contributed by atoms with E-state index < -0.39 is 23.2 Å². The van der Waals surface area contributed by atoms with E-state index in [-0.39, 0.29) is 11.5 Å². The van der Waals surface area contributed by atoms with E-state index in [9.17, 15) is 18.0 Å². The van der Waals surface area contributed by atoms with Gasteiger partial charge < -0.3 is 9.84 Å². The summed E-state index contributed by atoms with van der Waals surface area (Å²) in [5.41, 5.74) is -1.40. The number of rotatable bonds is 4. The van der Waals surface area contributed by atoms with Gasteiger partial charge in [0.05, 0.1) is 5.56 Å². The molecule has 2 aromatic rings. The summed E-state index contributed by atoms with van der Waals surface area (Å²) in [6, 6.07) is 4.18. The SMILES string of the molecule is CC(C)c1noc(C2(NC(=O)c3ccc(C(F)(F)F)cc3)CCCCC2)n1. The number of alkyl halides is 3. The molecule has 8 heteroatoms. The molecule has 1 aliphatic carbocycles. The predicted octanol–water partition coefficient (Wildman–Crippen LogP) is 4.80. The molecular formula is C19H22F3N3O2. The van der Waals surface area contributed by atoms with Gasteiger partial charge in [0.1, 0.15) is 5.54 Å². The van der Waals surface area contributed by atoms with Crippen LogP contribution in [0, 0.1) is 0 Å². The number of hydrogen-bond acceptors (Lipinski definition) is 4. The highest BCUT2D eigenvalue weighted by atomic mass is 19.4. The van der Waals surface area contributed by atoms with Crippen LogP contribution in [-0.4, -0.2) is 16.0 Å². The van der Waals surface area contributed by atoms with Crippen molar-refractivity contribution in [3.05, 3.63) is 47.1 Å². The molecule has 1 saturated carbocycles. The van der Waals surface area contributed by atoms with Gasteiger partial charge in [-0.3, -0.25) is 4.79 Å². The molecule has 0 atom stereocenters. The Bertz CT molecular complexity index is 791. The van der Waals surface area contributed by atoms with Crippen LogP contribution in [0.1, 0.15) is 79.5 Å². The molecule has 1 heterocycles. The Kier molecular flexibility index (Phi) is 5.26. The van der Waals surface area contributed by atoms with Crippen molar-refractivity contribution < 1.29 is 22.5 Å². The minimum absolute atomic E-state index is 0.0914. The minimum atomic E-state index is -4.43. The van der Waals surface area contributed by atoms with Crippen molar-refractivity contribution in [3.8, 4) is 0 Å². The molecule has 0 bridgehead atoms. The third kappa shape index (κ3) is 4.14. The quantitative estimate of drug-likeness (QED) is 0.826. The molecule has 5 nitrogen and oxygen atoms in total. The lowest BCUT2D eigenvalue weighted by molar-refractivity contribution is -0.137. The summed E-state index contributed by atoms with van der Waals surface area (Å²) in [4.78, 5) is 17.2. The highest BCUT2D eigenvalue weighted by molar-refractivity contribution is 5.94. The van der Waals surface area contributed by atoms with E-state index in [1.54, 1.807) is 0 Å². The molecule has 1 N–H and O–H groups in total. The highest BCUT2D eigenvalue weighted by Gasteiger charge is 2.41. The second-order valence-electron chi connectivity index (χ2n) is 7.28. The standard InChI is InChI=1S/C19H22F3N3O2/c1-12(2)15-23-17(27-25-15)18(10-4-3-5-11-18)24-16(26)13-6-8-14(9-7-13)19(20,21)22/h6-9,12H,3-5,10-11H2,1-2H3,(H,24,26). The van der Waals surface area contributed by atoms with Crippen LogP contribution in [0.25, 0.3) is 0 Å². The summed E-state index contributed by atoms with van der Waals surface area (Å²) in [7, 11) is 0. The van der Waals surface area contributed by atoms with Crippen molar-refractivity contribution in [2.75, 3.05) is 0 Å². The molecule has 1 aromatic carbocycles. The molecule has 146 valence electrons. The zero-order valence-corrected chi connectivity index (χ0v) is 15.3. The van der Waals surface area contributed by atoms with Crippen LogP contribution in [0.4, 0.5) is 13.2 Å². The summed E-state index contributed by atoms with van der Waals surface area (Å²) >= 11 is 0. The van der Waals surface area contributed by atoms with Crippen LogP contribution in [0.3, 0.4) is 0 Å². The zero-order chi connectivity index (χ0) is 19.7. The third-order valence-corrected chi connectivity index (χ3v) is 4.90. The van der Waals surface area contributed by atoms with Crippen molar-refractivity contribution >= 4 is 5.91 Å². The van der Waals surface area contributed by atoms with Gasteiger partial charge in [0, 0.05) is 11.5 Å². The van der Waals surface area contributed by atoms with Gasteiger partial charge in [-0.15, -0.1) is 0 Å². The molecule has 27 heavy (non-hydrogen) atoms. The summed E-state index contributed by atoms with van der Waals surface area (Å²) in [6.45, 7) is 3.89. The van der Waals surface area contributed by atoms with Gasteiger partial charge >= 0.3 is 6.18 Å². The predicted molar refractivity (Wildman–Crippen MR) is 92.1 cm³/mol. The van der Waals surface area contributed by atoms with Crippen molar-refractivity contribution in [1.82, 2.24) is 15.5 Å². The summed E-state index contributed by atoms with van der Waals surface area (Å²) in [5, 5.41) is 6.95. The number of nitrogens with one attached hydrogen (secondary N) is 1. The van der Waals surface area contributed by atoms with E-state index in [4.69, 9.17) is 4.52 Å². The van der Waals surface area contributed by atoms with Gasteiger partial charge in [-0.05, 0) is 37.1 Å². The molecule has 0 aliphatic heterocycles. The molecule has 0 radical (unpaired) electrons. The number of hydrogen-bond donors (Lipinski definition) is 1. The lowest BCUT2D eigenvalue weighted by atomic mass is 9.81. The summed E-state index contributed by atoms with van der Waals surface area (Å²) in [5.74, 6) is 0.577. The number of nitrogens with zero attached hydrogens (tertiary/aromatic N) is 2. The maximum absolute atomic E-state index is 12.7. The first-order valence-electron chi connectivity index (χ1n) is 9.05. The smallest absolute Gasteiger partial charge is 0.338 e. The first-order valence-corrected chi connectivity index (χ1v) is 9.05. The fourth-order valence-electron chi connectivity index (χ4n) is 3.31. The van der Waals surface area contributed by atoms with E-state index >= 15 is 0 Å². The van der Waals surface area contributed by atoms with Crippen LogP contribution in [0.15, 0.2) is 28.8 Å². The molecule has 1 amide bonds. The maximum Gasteiger partial charge on any atom is 0.416 e. The minimum Gasteiger partial charge on any atom is -0.338 e. The molecule has 1 aliphatic rings. The van der Waals surface area contributed by atoms with Crippen LogP contribution >= 0.6 is 0 Å². The van der Waals surface area contributed by atoms with Crippen LogP contribution < -0.4 is 5.32 Å². The molecule has 1 aromatic heterocycles. The number of aromatic nitrogens is 2. The zero-order valence-electron chi connectivity index (χ0n) is 15.3. The Morgan fingerprint density at radius 2 is 1.78 bits per heavy atom. The largest absolute Gasteiger partial charge is 0.416 e. The van der Waals surface area contributed by atoms with Gasteiger partial charge in [0.25, 0.3) is 11.8 Å². The van der Waals surface area contributed by atoms with Gasteiger partial charge in [-0.1, -0.05) is 38.3 Å². The van der Waals surface area contributed by atoms with E-state index in [2.05, 4.69) is 15.5 Å². The Hall–Kier alpha value is -2.38. The number of benzene rings is 1. The van der Waals surface area contributed by atoms with Gasteiger partial charge in [0.15, 0.2) is 5.82 Å². The van der Waals surface area contributed by atoms with Gasteiger partial charge in [-0.2, -0.15) is 18.2 Å². The van der Waals surface area contributed by atoms with E-state index in [0.29, 0.717) is 24.6 Å². The number of amides is 1. The fourth-order valence-corrected chi connectivity index (χ4v) is 3.31. The molecule has 0 spiro atoms. The monoisotopic (exact) mass is 381 g/mol. The van der Waals surface area contributed by atoms with Crippen molar-refractivity contribution in [1.29, 1.82) is 0 Å². The first-order chi connectivity index (χ1) is 12.7. The Morgan fingerprint density at radius 1 is 1.15 bits per heavy atom. The average Bonchev–Trinajstić information content (AvgIpc) is 3.13. The molecule has 3 rings (SSSR count). The lowest BCUT2D eigenvalue weighted by Gasteiger charge is -2.34. The van der Waals surface area contributed by atoms with Gasteiger partial charge in [-0.25, -0.2) is 0 Å². The summed E-state index contributed by atoms with van der Waals surface area (Å²) < 4.78 is 43.6. The van der Waals surface area contributed by atoms with Gasteiger partial charge in [0.2, 0.25) is 0 Å². The molecule has 0 saturated heterocycles. The topological polar surface area (TPSA) is 68.0 Å². The average molecular weight is 381 g/mol. The van der Waals surface area contributed by atoms with Crippen molar-refractivity contribution in [3.63, 3.8) is 0 Å². The van der Waals surface area contributed by atoms with E-state index in [1.807, 2.05) is 13.8 Å². The lowest BCUT2D eigenvalue weighted by Crippen LogP contribution is -2.47. The molecule has 0 unspecified atom stereocenters. The normalized spacial score (nSPS) is 17.1. The van der Waals surface area contributed by atoms with Crippen molar-refractivity contribution in [2.24, 2.45) is 0 Å². The number of halogens is 3. The third-order valence-electron chi connectivity index (χ3n) is 4.90. The number of carbonyl (C=O) groups is 1. The van der Waals surface area contributed by atoms with Crippen LogP contribution in [0.2, 0.25) is 0 Å². The second kappa shape index (κ2) is 7.32. The van der Waals surface area contributed by atoms with Crippen LogP contribution in [0.5, 0.6) is 0 Å². The second-order valence-corrected chi connectivity index (χ2v) is 7.28. The Balaban J connectivity index is 1.85.